The van der Waals surface area contributed by atoms with Crippen molar-refractivity contribution < 1.29 is 31.6 Å². The standard InChI is InChI=1S/C20H22O7S/c1-14-8-10-16(11-9-14)28(22,23)27-17-12-19(24-2)25-13-18(17)26-20(21)15-6-4-3-5-7-15/h3-11,17-19H,12-13H2,1-2H3/t17-,18-,19-/m1/s1. The Bertz CT molecular complexity index is 894. The first kappa shape index (κ1) is 20.5. The van der Waals surface area contributed by atoms with E-state index in [1.165, 1.54) is 19.2 Å². The summed E-state index contributed by atoms with van der Waals surface area (Å²) >= 11 is 0. The molecule has 0 saturated carbocycles. The Kier molecular flexibility index (Phi) is 6.46. The van der Waals surface area contributed by atoms with Gasteiger partial charge in [0.15, 0.2) is 12.4 Å². The number of benzene rings is 2. The highest BCUT2D eigenvalue weighted by Gasteiger charge is 2.38. The quantitative estimate of drug-likeness (QED) is 0.538. The van der Waals surface area contributed by atoms with E-state index in [-0.39, 0.29) is 17.9 Å². The molecule has 0 N–H and O–H groups in total. The van der Waals surface area contributed by atoms with Crippen molar-refractivity contribution in [2.45, 2.75) is 36.7 Å². The van der Waals surface area contributed by atoms with Gasteiger partial charge < -0.3 is 14.2 Å². The minimum Gasteiger partial charge on any atom is -0.453 e. The van der Waals surface area contributed by atoms with Crippen LogP contribution in [-0.4, -0.2) is 46.6 Å². The molecule has 0 amide bonds. The summed E-state index contributed by atoms with van der Waals surface area (Å²) in [7, 11) is -2.59. The number of esters is 1. The van der Waals surface area contributed by atoms with Crippen LogP contribution in [0.2, 0.25) is 0 Å². The second-order valence-electron chi connectivity index (χ2n) is 6.45. The van der Waals surface area contributed by atoms with Gasteiger partial charge in [0.1, 0.15) is 6.10 Å². The van der Waals surface area contributed by atoms with Crippen molar-refractivity contribution in [2.75, 3.05) is 13.7 Å². The Morgan fingerprint density at radius 1 is 1.04 bits per heavy atom. The molecule has 0 aromatic heterocycles. The number of carbonyl (C=O) groups is 1. The number of methoxy groups -OCH3 is 1. The topological polar surface area (TPSA) is 88.1 Å². The number of hydrogen-bond acceptors (Lipinski definition) is 7. The molecule has 8 heteroatoms. The molecule has 3 atom stereocenters. The molecule has 7 nitrogen and oxygen atoms in total. The molecule has 0 aliphatic carbocycles. The lowest BCUT2D eigenvalue weighted by Crippen LogP contribution is -2.46. The molecule has 0 radical (unpaired) electrons. The van der Waals surface area contributed by atoms with Crippen LogP contribution in [0.4, 0.5) is 0 Å². The molecule has 2 aromatic carbocycles. The largest absolute Gasteiger partial charge is 0.453 e. The summed E-state index contributed by atoms with van der Waals surface area (Å²) in [5.41, 5.74) is 1.29. The van der Waals surface area contributed by atoms with Crippen molar-refractivity contribution in [2.24, 2.45) is 0 Å². The maximum Gasteiger partial charge on any atom is 0.338 e. The zero-order valence-electron chi connectivity index (χ0n) is 15.6. The average molecular weight is 406 g/mol. The molecule has 3 rings (SSSR count). The van der Waals surface area contributed by atoms with Gasteiger partial charge in [0.25, 0.3) is 10.1 Å². The van der Waals surface area contributed by atoms with Crippen LogP contribution >= 0.6 is 0 Å². The second kappa shape index (κ2) is 8.83. The monoisotopic (exact) mass is 406 g/mol. The molecule has 1 saturated heterocycles. The fourth-order valence-corrected chi connectivity index (χ4v) is 3.91. The van der Waals surface area contributed by atoms with Gasteiger partial charge in [-0.15, -0.1) is 0 Å². The highest BCUT2D eigenvalue weighted by Crippen LogP contribution is 2.25. The molecular formula is C20H22O7S. The van der Waals surface area contributed by atoms with E-state index < -0.39 is 34.6 Å². The maximum absolute atomic E-state index is 12.7. The zero-order chi connectivity index (χ0) is 20.1. The first-order chi connectivity index (χ1) is 13.4. The van der Waals surface area contributed by atoms with Gasteiger partial charge in [-0.1, -0.05) is 35.9 Å². The third-order valence-electron chi connectivity index (χ3n) is 4.38. The molecule has 2 aromatic rings. The lowest BCUT2D eigenvalue weighted by Gasteiger charge is -2.34. The van der Waals surface area contributed by atoms with Crippen molar-refractivity contribution in [1.29, 1.82) is 0 Å². The predicted molar refractivity (Wildman–Crippen MR) is 100 cm³/mol. The molecule has 1 fully saturated rings. The summed E-state index contributed by atoms with van der Waals surface area (Å²) in [5.74, 6) is -0.577. The Hall–Kier alpha value is -2.26. The first-order valence-corrected chi connectivity index (χ1v) is 10.2. The van der Waals surface area contributed by atoms with Gasteiger partial charge in [-0.05, 0) is 31.2 Å². The van der Waals surface area contributed by atoms with Crippen LogP contribution in [-0.2, 0) is 28.5 Å². The molecule has 0 spiro atoms. The van der Waals surface area contributed by atoms with E-state index in [9.17, 15) is 13.2 Å². The normalized spacial score (nSPS) is 22.6. The van der Waals surface area contributed by atoms with E-state index in [4.69, 9.17) is 18.4 Å². The molecule has 150 valence electrons. The van der Waals surface area contributed by atoms with Crippen LogP contribution in [0.5, 0.6) is 0 Å². The van der Waals surface area contributed by atoms with E-state index in [2.05, 4.69) is 0 Å². The van der Waals surface area contributed by atoms with Crippen LogP contribution in [0.25, 0.3) is 0 Å². The summed E-state index contributed by atoms with van der Waals surface area (Å²) in [6.45, 7) is 1.82. The van der Waals surface area contributed by atoms with Gasteiger partial charge in [-0.2, -0.15) is 8.42 Å². The highest BCUT2D eigenvalue weighted by molar-refractivity contribution is 7.86. The van der Waals surface area contributed by atoms with Crippen molar-refractivity contribution in [3.8, 4) is 0 Å². The third-order valence-corrected chi connectivity index (χ3v) is 5.73. The van der Waals surface area contributed by atoms with Crippen molar-refractivity contribution in [3.63, 3.8) is 0 Å². The fraction of sp³-hybridized carbons (Fsp3) is 0.350. The van der Waals surface area contributed by atoms with Gasteiger partial charge in [0.2, 0.25) is 0 Å². The van der Waals surface area contributed by atoms with Crippen LogP contribution in [0.3, 0.4) is 0 Å². The minimum absolute atomic E-state index is 0.0340. The molecule has 28 heavy (non-hydrogen) atoms. The smallest absolute Gasteiger partial charge is 0.338 e. The van der Waals surface area contributed by atoms with Crippen LogP contribution < -0.4 is 0 Å². The van der Waals surface area contributed by atoms with Gasteiger partial charge in [-0.25, -0.2) is 4.79 Å². The van der Waals surface area contributed by atoms with E-state index >= 15 is 0 Å². The first-order valence-electron chi connectivity index (χ1n) is 8.79. The number of rotatable bonds is 6. The minimum atomic E-state index is -4.04. The number of aryl methyl sites for hydroxylation is 1. The Labute approximate surface area is 164 Å². The molecular weight excluding hydrogens is 384 g/mol. The van der Waals surface area contributed by atoms with E-state index in [1.807, 2.05) is 6.92 Å². The lowest BCUT2D eigenvalue weighted by atomic mass is 10.1. The molecule has 1 aliphatic heterocycles. The Morgan fingerprint density at radius 3 is 2.36 bits per heavy atom. The SMILES string of the molecule is CO[C@H]1C[C@@H](OS(=O)(=O)c2ccc(C)cc2)[C@H](OC(=O)c2ccccc2)CO1. The highest BCUT2D eigenvalue weighted by atomic mass is 32.2. The van der Waals surface area contributed by atoms with Crippen LogP contribution in [0.1, 0.15) is 22.3 Å². The summed E-state index contributed by atoms with van der Waals surface area (Å²) < 4.78 is 46.8. The molecule has 1 heterocycles. The third kappa shape index (κ3) is 4.96. The van der Waals surface area contributed by atoms with E-state index in [0.717, 1.165) is 5.56 Å². The summed E-state index contributed by atoms with van der Waals surface area (Å²) in [6.07, 6.45) is -2.36. The van der Waals surface area contributed by atoms with Gasteiger partial charge >= 0.3 is 5.97 Å². The van der Waals surface area contributed by atoms with Crippen molar-refractivity contribution >= 4 is 16.1 Å². The predicted octanol–water partition coefficient (Wildman–Crippen LogP) is 2.69. The van der Waals surface area contributed by atoms with Gasteiger partial charge in [0, 0.05) is 13.5 Å². The Morgan fingerprint density at radius 2 is 1.71 bits per heavy atom. The average Bonchev–Trinajstić information content (AvgIpc) is 2.70. The summed E-state index contributed by atoms with van der Waals surface area (Å²) in [4.78, 5) is 12.4. The van der Waals surface area contributed by atoms with Crippen LogP contribution in [0.15, 0.2) is 59.5 Å². The van der Waals surface area contributed by atoms with Crippen molar-refractivity contribution in [3.05, 3.63) is 65.7 Å². The van der Waals surface area contributed by atoms with E-state index in [1.54, 1.807) is 42.5 Å². The summed E-state index contributed by atoms with van der Waals surface area (Å²) in [5, 5.41) is 0. The fourth-order valence-electron chi connectivity index (χ4n) is 2.80. The molecule has 1 aliphatic rings. The molecule has 0 bridgehead atoms. The zero-order valence-corrected chi connectivity index (χ0v) is 16.4. The number of ether oxygens (including phenoxy) is 3. The van der Waals surface area contributed by atoms with Crippen LogP contribution in [0, 0.1) is 6.92 Å². The maximum atomic E-state index is 12.7. The number of hydrogen-bond donors (Lipinski definition) is 0. The van der Waals surface area contributed by atoms with Gasteiger partial charge in [0.05, 0.1) is 17.1 Å². The molecule has 0 unspecified atom stereocenters. The second-order valence-corrected chi connectivity index (χ2v) is 8.02. The van der Waals surface area contributed by atoms with Gasteiger partial charge in [-0.3, -0.25) is 4.18 Å². The van der Waals surface area contributed by atoms with E-state index in [0.29, 0.717) is 5.56 Å². The van der Waals surface area contributed by atoms with Crippen molar-refractivity contribution in [1.82, 2.24) is 0 Å². The Balaban J connectivity index is 1.77. The lowest BCUT2D eigenvalue weighted by molar-refractivity contribution is -0.201. The summed E-state index contributed by atoms with van der Waals surface area (Å²) in [6, 6.07) is 14.8. The number of carbonyl (C=O) groups excluding carboxylic acids is 1.